The Kier molecular flexibility index (Phi) is 8.04. The van der Waals surface area contributed by atoms with Gasteiger partial charge in [-0.1, -0.05) is 115 Å². The molecule has 46 heavy (non-hydrogen) atoms. The molecule has 0 unspecified atom stereocenters. The number of hydrogen-bond donors (Lipinski definition) is 0. The molecule has 0 aliphatic heterocycles. The molecule has 0 saturated carbocycles. The van der Waals surface area contributed by atoms with Crippen LogP contribution < -0.4 is 0 Å². The minimum Gasteiger partial charge on any atom is -0.256 e. The molecular formula is C41H31N5. The van der Waals surface area contributed by atoms with E-state index in [1.807, 2.05) is 117 Å². The number of pyridine rings is 1. The SMILES string of the molecule is Cc1cc(-c2ccc3ccccc3c2)nc(-c2ccccc2)n1.Cc1cc(-c2ccnc3ccccc23)nc(-c2ccccc2)n1. The van der Waals surface area contributed by atoms with E-state index in [4.69, 9.17) is 9.97 Å². The third kappa shape index (κ3) is 6.26. The van der Waals surface area contributed by atoms with Crippen LogP contribution in [-0.2, 0) is 0 Å². The van der Waals surface area contributed by atoms with Gasteiger partial charge in [0.25, 0.3) is 0 Å². The maximum atomic E-state index is 4.79. The number of benzene rings is 5. The van der Waals surface area contributed by atoms with Crippen LogP contribution in [0.4, 0.5) is 0 Å². The fourth-order valence-electron chi connectivity index (χ4n) is 5.52. The van der Waals surface area contributed by atoms with Crippen LogP contribution >= 0.6 is 0 Å². The summed E-state index contributed by atoms with van der Waals surface area (Å²) in [7, 11) is 0. The zero-order chi connectivity index (χ0) is 31.3. The van der Waals surface area contributed by atoms with Gasteiger partial charge in [0.2, 0.25) is 0 Å². The highest BCUT2D eigenvalue weighted by Gasteiger charge is 2.10. The van der Waals surface area contributed by atoms with Crippen molar-refractivity contribution >= 4 is 21.7 Å². The molecule has 0 N–H and O–H groups in total. The summed E-state index contributed by atoms with van der Waals surface area (Å²) in [6.07, 6.45) is 1.83. The second-order valence-electron chi connectivity index (χ2n) is 11.1. The number of para-hydroxylation sites is 1. The predicted octanol–water partition coefficient (Wildman–Crippen LogP) is 9.94. The molecule has 220 valence electrons. The van der Waals surface area contributed by atoms with E-state index in [0.717, 1.165) is 67.6 Å². The molecule has 0 radical (unpaired) electrons. The van der Waals surface area contributed by atoms with Crippen LogP contribution in [0.3, 0.4) is 0 Å². The largest absolute Gasteiger partial charge is 0.256 e. The van der Waals surface area contributed by atoms with E-state index in [0.29, 0.717) is 0 Å². The number of aryl methyl sites for hydroxylation is 2. The van der Waals surface area contributed by atoms with E-state index in [9.17, 15) is 0 Å². The standard InChI is InChI=1S/C21H16N2.C20H15N3/c1-15-13-20(23-21(22-15)17-8-3-2-4-9-17)19-12-11-16-7-5-6-10-18(16)14-19;1-14-13-19(23-20(22-14)15-7-3-2-4-8-15)17-11-12-21-18-10-6-5-9-16(17)18/h2-14H,1H3;2-13H,1H3. The van der Waals surface area contributed by atoms with Crippen LogP contribution in [0.25, 0.3) is 67.0 Å². The fraction of sp³-hybridized carbons (Fsp3) is 0.0488. The van der Waals surface area contributed by atoms with Gasteiger partial charge in [-0.3, -0.25) is 4.98 Å². The molecule has 8 rings (SSSR count). The Hall–Kier alpha value is -6.07. The first-order valence-corrected chi connectivity index (χ1v) is 15.3. The lowest BCUT2D eigenvalue weighted by molar-refractivity contribution is 1.12. The molecule has 0 aliphatic rings. The van der Waals surface area contributed by atoms with Crippen molar-refractivity contribution in [2.24, 2.45) is 0 Å². The van der Waals surface area contributed by atoms with Gasteiger partial charge in [0.15, 0.2) is 11.6 Å². The molecule has 0 atom stereocenters. The maximum absolute atomic E-state index is 4.79. The molecule has 0 saturated heterocycles. The molecule has 5 aromatic carbocycles. The summed E-state index contributed by atoms with van der Waals surface area (Å²) in [5, 5.41) is 3.57. The van der Waals surface area contributed by atoms with E-state index in [-0.39, 0.29) is 0 Å². The van der Waals surface area contributed by atoms with E-state index < -0.39 is 0 Å². The van der Waals surface area contributed by atoms with E-state index in [2.05, 4.69) is 63.5 Å². The normalized spacial score (nSPS) is 10.8. The first-order chi connectivity index (χ1) is 22.6. The molecule has 0 bridgehead atoms. The van der Waals surface area contributed by atoms with Crippen molar-refractivity contribution in [3.05, 3.63) is 163 Å². The first-order valence-electron chi connectivity index (χ1n) is 15.3. The molecule has 8 aromatic rings. The average molecular weight is 594 g/mol. The van der Waals surface area contributed by atoms with Gasteiger partial charge in [0, 0.05) is 45.2 Å². The zero-order valence-electron chi connectivity index (χ0n) is 25.7. The van der Waals surface area contributed by atoms with Gasteiger partial charge in [0.05, 0.1) is 16.9 Å². The number of aromatic nitrogens is 5. The Labute approximate surface area is 268 Å². The Morgan fingerprint density at radius 2 is 0.978 bits per heavy atom. The number of hydrogen-bond acceptors (Lipinski definition) is 5. The summed E-state index contributed by atoms with van der Waals surface area (Å²) in [5.74, 6) is 1.52. The third-order valence-corrected chi connectivity index (χ3v) is 7.74. The van der Waals surface area contributed by atoms with Crippen molar-refractivity contribution in [3.63, 3.8) is 0 Å². The minimum atomic E-state index is 0.751. The monoisotopic (exact) mass is 593 g/mol. The molecule has 0 spiro atoms. The van der Waals surface area contributed by atoms with Crippen LogP contribution in [-0.4, -0.2) is 24.9 Å². The van der Waals surface area contributed by atoms with Gasteiger partial charge in [-0.25, -0.2) is 19.9 Å². The van der Waals surface area contributed by atoms with Crippen molar-refractivity contribution in [1.29, 1.82) is 0 Å². The molecule has 0 fully saturated rings. The smallest absolute Gasteiger partial charge is 0.160 e. The van der Waals surface area contributed by atoms with Gasteiger partial charge in [-0.2, -0.15) is 0 Å². The Balaban J connectivity index is 0.000000147. The fourth-order valence-corrected chi connectivity index (χ4v) is 5.52. The highest BCUT2D eigenvalue weighted by molar-refractivity contribution is 5.93. The summed E-state index contributed by atoms with van der Waals surface area (Å²) in [6, 6.07) is 49.2. The number of rotatable bonds is 4. The van der Waals surface area contributed by atoms with Gasteiger partial charge in [-0.15, -0.1) is 0 Å². The van der Waals surface area contributed by atoms with Crippen LogP contribution in [0.5, 0.6) is 0 Å². The highest BCUT2D eigenvalue weighted by atomic mass is 14.9. The van der Waals surface area contributed by atoms with Gasteiger partial charge < -0.3 is 0 Å². The van der Waals surface area contributed by atoms with Crippen molar-refractivity contribution in [1.82, 2.24) is 24.9 Å². The predicted molar refractivity (Wildman–Crippen MR) is 188 cm³/mol. The average Bonchev–Trinajstić information content (AvgIpc) is 3.11. The highest BCUT2D eigenvalue weighted by Crippen LogP contribution is 2.28. The molecule has 3 heterocycles. The lowest BCUT2D eigenvalue weighted by atomic mass is 10.0. The van der Waals surface area contributed by atoms with Crippen LogP contribution in [0.2, 0.25) is 0 Å². The summed E-state index contributed by atoms with van der Waals surface area (Å²) >= 11 is 0. The molecule has 5 nitrogen and oxygen atoms in total. The Morgan fingerprint density at radius 3 is 1.67 bits per heavy atom. The van der Waals surface area contributed by atoms with Crippen molar-refractivity contribution in [2.75, 3.05) is 0 Å². The van der Waals surface area contributed by atoms with E-state index in [1.165, 1.54) is 10.8 Å². The first kappa shape index (κ1) is 28.7. The summed E-state index contributed by atoms with van der Waals surface area (Å²) in [4.78, 5) is 23.1. The molecule has 5 heteroatoms. The zero-order valence-corrected chi connectivity index (χ0v) is 25.7. The lowest BCUT2D eigenvalue weighted by Crippen LogP contribution is -1.95. The summed E-state index contributed by atoms with van der Waals surface area (Å²) in [5.41, 5.74) is 9.05. The minimum absolute atomic E-state index is 0.751. The Bertz CT molecular complexity index is 2270. The second kappa shape index (κ2) is 12.9. The molecular weight excluding hydrogens is 562 g/mol. The lowest BCUT2D eigenvalue weighted by Gasteiger charge is -2.09. The Morgan fingerprint density at radius 1 is 0.413 bits per heavy atom. The molecule has 3 aromatic heterocycles. The van der Waals surface area contributed by atoms with Crippen LogP contribution in [0.1, 0.15) is 11.4 Å². The van der Waals surface area contributed by atoms with E-state index in [1.54, 1.807) is 0 Å². The summed E-state index contributed by atoms with van der Waals surface area (Å²) in [6.45, 7) is 4.01. The quantitative estimate of drug-likeness (QED) is 0.203. The van der Waals surface area contributed by atoms with Crippen molar-refractivity contribution < 1.29 is 0 Å². The van der Waals surface area contributed by atoms with E-state index >= 15 is 0 Å². The number of nitrogens with zero attached hydrogens (tertiary/aromatic N) is 5. The van der Waals surface area contributed by atoms with Crippen LogP contribution in [0, 0.1) is 13.8 Å². The molecule has 0 amide bonds. The topological polar surface area (TPSA) is 64.5 Å². The summed E-state index contributed by atoms with van der Waals surface area (Å²) < 4.78 is 0. The maximum Gasteiger partial charge on any atom is 0.160 e. The van der Waals surface area contributed by atoms with Gasteiger partial charge in [-0.05, 0) is 55.0 Å². The van der Waals surface area contributed by atoms with Crippen LogP contribution in [0.15, 0.2) is 152 Å². The van der Waals surface area contributed by atoms with Crippen molar-refractivity contribution in [2.45, 2.75) is 13.8 Å². The van der Waals surface area contributed by atoms with Crippen molar-refractivity contribution in [3.8, 4) is 45.3 Å². The second-order valence-corrected chi connectivity index (χ2v) is 11.1. The van der Waals surface area contributed by atoms with Gasteiger partial charge in [0.1, 0.15) is 0 Å². The number of fused-ring (bicyclic) bond motifs is 2. The third-order valence-electron chi connectivity index (χ3n) is 7.74. The van der Waals surface area contributed by atoms with Gasteiger partial charge >= 0.3 is 0 Å². The molecule has 0 aliphatic carbocycles.